The van der Waals surface area contributed by atoms with Crippen LogP contribution in [0, 0.1) is 0 Å². The lowest BCUT2D eigenvalue weighted by Gasteiger charge is -2.17. The minimum Gasteiger partial charge on any atom is -0.467 e. The topological polar surface area (TPSA) is 13.1 Å². The van der Waals surface area contributed by atoms with Gasteiger partial charge >= 0.3 is 0 Å². The van der Waals surface area contributed by atoms with Crippen molar-refractivity contribution in [3.63, 3.8) is 0 Å². The minimum absolute atomic E-state index is 0.184. The molecule has 0 unspecified atom stereocenters. The van der Waals surface area contributed by atoms with Crippen molar-refractivity contribution in [1.29, 1.82) is 0 Å². The molecule has 0 amide bonds. The van der Waals surface area contributed by atoms with E-state index in [1.165, 1.54) is 11.5 Å². The quantitative estimate of drug-likeness (QED) is 0.669. The van der Waals surface area contributed by atoms with Gasteiger partial charge in [-0.15, -0.1) is 23.5 Å². The molecule has 0 bridgehead atoms. The molecule has 3 heteroatoms. The Bertz CT molecular complexity index is 224. The van der Waals surface area contributed by atoms with Gasteiger partial charge in [-0.2, -0.15) is 0 Å². The second-order valence-electron chi connectivity index (χ2n) is 2.62. The second-order valence-corrected chi connectivity index (χ2v) is 5.91. The van der Waals surface area contributed by atoms with Crippen LogP contribution in [0.2, 0.25) is 0 Å². The maximum Gasteiger partial charge on any atom is 0.129 e. The van der Waals surface area contributed by atoms with Crippen molar-refractivity contribution in [2.75, 3.05) is 11.5 Å². The first-order valence-corrected chi connectivity index (χ1v) is 5.60. The van der Waals surface area contributed by atoms with Crippen molar-refractivity contribution in [2.24, 2.45) is 0 Å². The summed E-state index contributed by atoms with van der Waals surface area (Å²) < 4.78 is 5.56. The maximum absolute atomic E-state index is 5.38. The molecule has 1 aromatic rings. The Morgan fingerprint density at radius 1 is 1.45 bits per heavy atom. The van der Waals surface area contributed by atoms with Gasteiger partial charge in [0, 0.05) is 11.5 Å². The number of hydrogen-bond acceptors (Lipinski definition) is 3. The van der Waals surface area contributed by atoms with E-state index < -0.39 is 0 Å². The smallest absolute Gasteiger partial charge is 0.129 e. The minimum atomic E-state index is 0.184. The Hall–Kier alpha value is -0.0200. The lowest BCUT2D eigenvalue weighted by atomic mass is 10.3. The predicted molar refractivity (Wildman–Crippen MR) is 51.0 cm³/mol. The van der Waals surface area contributed by atoms with E-state index >= 15 is 0 Å². The van der Waals surface area contributed by atoms with Crippen molar-refractivity contribution in [1.82, 2.24) is 0 Å². The molecule has 0 saturated carbocycles. The highest BCUT2D eigenvalue weighted by Gasteiger charge is 2.34. The molecule has 0 aliphatic carbocycles. The summed E-state index contributed by atoms with van der Waals surface area (Å²) in [7, 11) is 0. The lowest BCUT2D eigenvalue weighted by molar-refractivity contribution is 0.503. The number of hydrogen-bond donors (Lipinski definition) is 0. The number of thioether (sulfide) groups is 2. The van der Waals surface area contributed by atoms with Gasteiger partial charge in [0.05, 0.1) is 6.26 Å². The van der Waals surface area contributed by atoms with Crippen molar-refractivity contribution in [3.8, 4) is 0 Å². The van der Waals surface area contributed by atoms with E-state index in [1.807, 2.05) is 29.6 Å². The van der Waals surface area contributed by atoms with Crippen LogP contribution < -0.4 is 0 Å². The van der Waals surface area contributed by atoms with Crippen LogP contribution >= 0.6 is 23.5 Å². The molecule has 2 rings (SSSR count). The van der Waals surface area contributed by atoms with Crippen molar-refractivity contribution >= 4 is 23.5 Å². The third-order valence-electron chi connectivity index (χ3n) is 1.81. The van der Waals surface area contributed by atoms with Gasteiger partial charge in [-0.1, -0.05) is 0 Å². The zero-order chi connectivity index (χ0) is 7.73. The van der Waals surface area contributed by atoms with E-state index in [9.17, 15) is 0 Å². The Morgan fingerprint density at radius 2 is 2.18 bits per heavy atom. The molecule has 1 aliphatic rings. The molecule has 1 nitrogen and oxygen atoms in total. The molecule has 0 N–H and O–H groups in total. The predicted octanol–water partition coefficient (Wildman–Crippen LogP) is 2.93. The summed E-state index contributed by atoms with van der Waals surface area (Å²) in [6, 6.07) is 4.02. The van der Waals surface area contributed by atoms with Crippen LogP contribution in [0.5, 0.6) is 0 Å². The summed E-state index contributed by atoms with van der Waals surface area (Å²) in [5.41, 5.74) is 0. The van der Waals surface area contributed by atoms with Crippen LogP contribution in [0.1, 0.15) is 12.7 Å². The summed E-state index contributed by atoms with van der Waals surface area (Å²) >= 11 is 3.94. The third-order valence-corrected chi connectivity index (χ3v) is 5.09. The first kappa shape index (κ1) is 7.62. The van der Waals surface area contributed by atoms with Crippen LogP contribution in [0.25, 0.3) is 0 Å². The standard InChI is InChI=1S/C8H10OS2/c1-8(10-5-6-11-8)7-3-2-4-9-7/h2-4H,5-6H2,1H3. The lowest BCUT2D eigenvalue weighted by Crippen LogP contribution is -2.06. The highest BCUT2D eigenvalue weighted by molar-refractivity contribution is 8.20. The average Bonchev–Trinajstić information content (AvgIpc) is 2.55. The first-order valence-electron chi connectivity index (χ1n) is 3.63. The molecule has 0 radical (unpaired) electrons. The molecule has 2 heterocycles. The van der Waals surface area contributed by atoms with Gasteiger partial charge in [0.1, 0.15) is 9.84 Å². The summed E-state index contributed by atoms with van der Waals surface area (Å²) in [5, 5.41) is 0. The van der Waals surface area contributed by atoms with Crippen LogP contribution in [0.15, 0.2) is 22.8 Å². The Morgan fingerprint density at radius 3 is 2.73 bits per heavy atom. The van der Waals surface area contributed by atoms with E-state index in [0.717, 1.165) is 5.76 Å². The van der Waals surface area contributed by atoms with Gasteiger partial charge < -0.3 is 4.42 Å². The highest BCUT2D eigenvalue weighted by Crippen LogP contribution is 2.51. The molecular weight excluding hydrogens is 176 g/mol. The monoisotopic (exact) mass is 186 g/mol. The van der Waals surface area contributed by atoms with Gasteiger partial charge in [-0.25, -0.2) is 0 Å². The second kappa shape index (κ2) is 2.79. The fourth-order valence-electron chi connectivity index (χ4n) is 1.19. The Labute approximate surface area is 74.9 Å². The molecule has 60 valence electrons. The molecule has 1 aliphatic heterocycles. The zero-order valence-electron chi connectivity index (χ0n) is 6.37. The van der Waals surface area contributed by atoms with E-state index in [-0.39, 0.29) is 4.08 Å². The van der Waals surface area contributed by atoms with Gasteiger partial charge in [0.2, 0.25) is 0 Å². The van der Waals surface area contributed by atoms with E-state index in [4.69, 9.17) is 4.42 Å². The molecule has 0 aromatic carbocycles. The average molecular weight is 186 g/mol. The maximum atomic E-state index is 5.38. The number of furan rings is 1. The van der Waals surface area contributed by atoms with Gasteiger partial charge in [0.25, 0.3) is 0 Å². The molecule has 11 heavy (non-hydrogen) atoms. The summed E-state index contributed by atoms with van der Waals surface area (Å²) in [4.78, 5) is 0. The Kier molecular flexibility index (Phi) is 1.93. The molecule has 1 aromatic heterocycles. The number of rotatable bonds is 1. The first-order chi connectivity index (χ1) is 5.31. The molecular formula is C8H10OS2. The van der Waals surface area contributed by atoms with Gasteiger partial charge in [0.15, 0.2) is 0 Å². The molecule has 0 spiro atoms. The van der Waals surface area contributed by atoms with E-state index in [1.54, 1.807) is 6.26 Å². The third kappa shape index (κ3) is 1.32. The van der Waals surface area contributed by atoms with Crippen molar-refractivity contribution in [2.45, 2.75) is 11.0 Å². The van der Waals surface area contributed by atoms with Gasteiger partial charge in [-0.3, -0.25) is 0 Å². The normalized spacial score (nSPS) is 22.3. The molecule has 1 fully saturated rings. The summed E-state index contributed by atoms with van der Waals surface area (Å²) in [6.45, 7) is 2.23. The highest BCUT2D eigenvalue weighted by atomic mass is 32.2. The van der Waals surface area contributed by atoms with Crippen molar-refractivity contribution in [3.05, 3.63) is 24.2 Å². The summed E-state index contributed by atoms with van der Waals surface area (Å²) in [6.07, 6.45) is 1.75. The Balaban J connectivity index is 2.27. The van der Waals surface area contributed by atoms with E-state index in [2.05, 4.69) is 13.0 Å². The van der Waals surface area contributed by atoms with Crippen LogP contribution in [0.3, 0.4) is 0 Å². The molecule has 1 saturated heterocycles. The fourth-order valence-corrected chi connectivity index (χ4v) is 3.99. The van der Waals surface area contributed by atoms with E-state index in [0.29, 0.717) is 0 Å². The largest absolute Gasteiger partial charge is 0.467 e. The van der Waals surface area contributed by atoms with Crippen LogP contribution in [-0.4, -0.2) is 11.5 Å². The summed E-state index contributed by atoms with van der Waals surface area (Å²) in [5.74, 6) is 3.58. The molecule has 0 atom stereocenters. The van der Waals surface area contributed by atoms with Crippen LogP contribution in [0.4, 0.5) is 0 Å². The van der Waals surface area contributed by atoms with Gasteiger partial charge in [-0.05, 0) is 19.1 Å². The fraction of sp³-hybridized carbons (Fsp3) is 0.500. The SMILES string of the molecule is CC1(c2ccco2)SCCS1. The zero-order valence-corrected chi connectivity index (χ0v) is 8.00. The van der Waals surface area contributed by atoms with Crippen molar-refractivity contribution < 1.29 is 4.42 Å². The van der Waals surface area contributed by atoms with Crippen LogP contribution in [-0.2, 0) is 4.08 Å².